The number of hydrogen-bond acceptors (Lipinski definition) is 0. The van der Waals surface area contributed by atoms with E-state index in [1.807, 2.05) is 0 Å². The van der Waals surface area contributed by atoms with Gasteiger partial charge in [0.15, 0.2) is 0 Å². The summed E-state index contributed by atoms with van der Waals surface area (Å²) < 4.78 is 75.6. The molecule has 94 valence electrons. The second-order valence-corrected chi connectivity index (χ2v) is 4.10. The van der Waals surface area contributed by atoms with Gasteiger partial charge in [0.2, 0.25) is 0 Å². The molecule has 0 amide bonds. The van der Waals surface area contributed by atoms with E-state index in [1.165, 1.54) is 12.2 Å². The minimum Gasteiger partial charge on any atom is -0.166 e. The molecule has 0 heterocycles. The third kappa shape index (κ3) is 2.40. The molecule has 2 bridgehead atoms. The summed E-state index contributed by atoms with van der Waals surface area (Å²) in [5.74, 6) is -1.12. The Balaban J connectivity index is 2.52. The Labute approximate surface area is 93.3 Å². The van der Waals surface area contributed by atoms with Crippen molar-refractivity contribution in [2.75, 3.05) is 0 Å². The zero-order valence-corrected chi connectivity index (χ0v) is 8.44. The Morgan fingerprint density at radius 2 is 1.12 bits per heavy atom. The molecule has 0 aromatic heterocycles. The lowest BCUT2D eigenvalue weighted by Crippen LogP contribution is -2.23. The number of alkyl halides is 6. The highest BCUT2D eigenvalue weighted by molar-refractivity contribution is 5.43. The van der Waals surface area contributed by atoms with Gasteiger partial charge >= 0.3 is 12.4 Å². The molecule has 0 aliphatic heterocycles. The van der Waals surface area contributed by atoms with Crippen LogP contribution in [0.1, 0.15) is 6.42 Å². The van der Waals surface area contributed by atoms with Gasteiger partial charge in [-0.15, -0.1) is 0 Å². The summed E-state index contributed by atoms with van der Waals surface area (Å²) in [4.78, 5) is 0. The highest BCUT2D eigenvalue weighted by atomic mass is 19.4. The summed E-state index contributed by atoms with van der Waals surface area (Å²) in [6.07, 6.45) is -5.30. The van der Waals surface area contributed by atoms with Crippen molar-refractivity contribution in [1.82, 2.24) is 0 Å². The fourth-order valence-corrected chi connectivity index (χ4v) is 2.11. The summed E-state index contributed by atoms with van der Waals surface area (Å²) in [6, 6.07) is 0. The molecule has 2 rings (SSSR count). The molecule has 0 spiro atoms. The minimum atomic E-state index is -4.97. The van der Waals surface area contributed by atoms with Crippen molar-refractivity contribution < 1.29 is 26.3 Å². The second-order valence-electron chi connectivity index (χ2n) is 4.10. The van der Waals surface area contributed by atoms with Crippen molar-refractivity contribution in [3.05, 3.63) is 35.5 Å². The first-order valence-corrected chi connectivity index (χ1v) is 4.94. The molecule has 2 atom stereocenters. The summed E-state index contributed by atoms with van der Waals surface area (Å²) in [6.45, 7) is 0. The van der Waals surface area contributed by atoms with E-state index in [1.54, 1.807) is 0 Å². The molecule has 17 heavy (non-hydrogen) atoms. The van der Waals surface area contributed by atoms with E-state index < -0.39 is 35.3 Å². The van der Waals surface area contributed by atoms with Crippen LogP contribution in [0, 0.1) is 11.8 Å². The normalized spacial score (nSPS) is 28.8. The molecular formula is C11H8F6. The first kappa shape index (κ1) is 12.3. The molecule has 0 aromatic carbocycles. The molecule has 2 unspecified atom stereocenters. The van der Waals surface area contributed by atoms with Crippen LogP contribution in [0.25, 0.3) is 0 Å². The Morgan fingerprint density at radius 3 is 1.41 bits per heavy atom. The number of halogens is 6. The van der Waals surface area contributed by atoms with Gasteiger partial charge in [0.05, 0.1) is 11.1 Å². The molecule has 0 aromatic rings. The van der Waals surface area contributed by atoms with Gasteiger partial charge in [-0.3, -0.25) is 0 Å². The van der Waals surface area contributed by atoms with Crippen LogP contribution < -0.4 is 0 Å². The molecule has 2 aliphatic rings. The van der Waals surface area contributed by atoms with Gasteiger partial charge in [0, 0.05) is 0 Å². The van der Waals surface area contributed by atoms with Crippen molar-refractivity contribution in [1.29, 1.82) is 0 Å². The average Bonchev–Trinajstić information content (AvgIpc) is 2.41. The highest BCUT2D eigenvalue weighted by Gasteiger charge is 2.48. The van der Waals surface area contributed by atoms with Crippen LogP contribution in [0.15, 0.2) is 35.5 Å². The predicted octanol–water partition coefficient (Wildman–Crippen LogP) is 4.17. The van der Waals surface area contributed by atoms with Crippen molar-refractivity contribution in [2.24, 2.45) is 11.8 Å². The predicted molar refractivity (Wildman–Crippen MR) is 49.0 cm³/mol. The largest absolute Gasteiger partial charge is 0.416 e. The smallest absolute Gasteiger partial charge is 0.166 e. The van der Waals surface area contributed by atoms with E-state index in [9.17, 15) is 26.3 Å². The molecule has 0 radical (unpaired) electrons. The monoisotopic (exact) mass is 254 g/mol. The van der Waals surface area contributed by atoms with Gasteiger partial charge < -0.3 is 0 Å². The van der Waals surface area contributed by atoms with E-state index in [0.717, 1.165) is 0 Å². The molecule has 0 nitrogen and oxygen atoms in total. The van der Waals surface area contributed by atoms with Gasteiger partial charge in [-0.1, -0.05) is 24.3 Å². The Kier molecular flexibility index (Phi) is 2.63. The molecular weight excluding hydrogens is 246 g/mol. The third-order valence-corrected chi connectivity index (χ3v) is 2.81. The topological polar surface area (TPSA) is 0 Å². The van der Waals surface area contributed by atoms with Crippen LogP contribution >= 0.6 is 0 Å². The Morgan fingerprint density at radius 1 is 0.765 bits per heavy atom. The number of rotatable bonds is 0. The Bertz CT molecular complexity index is 369. The van der Waals surface area contributed by atoms with Gasteiger partial charge in [-0.05, 0) is 18.3 Å². The molecule has 0 fully saturated rings. The van der Waals surface area contributed by atoms with E-state index >= 15 is 0 Å². The van der Waals surface area contributed by atoms with Crippen molar-refractivity contribution in [2.45, 2.75) is 18.8 Å². The summed E-state index contributed by atoms with van der Waals surface area (Å²) in [7, 11) is 0. The van der Waals surface area contributed by atoms with Crippen LogP contribution in [-0.2, 0) is 0 Å². The van der Waals surface area contributed by atoms with Gasteiger partial charge in [0.25, 0.3) is 0 Å². The molecule has 2 aliphatic carbocycles. The zero-order chi connectivity index (χ0) is 12.8. The van der Waals surface area contributed by atoms with E-state index in [0.29, 0.717) is 12.2 Å². The zero-order valence-electron chi connectivity index (χ0n) is 8.44. The van der Waals surface area contributed by atoms with Gasteiger partial charge in [-0.25, -0.2) is 0 Å². The molecule has 6 heteroatoms. The standard InChI is InChI=1S/C11H8F6/c12-10(13,14)8-4-6-1-2-7(3-6)5-9(8)11(15,16)17/h1-2,4-7H,3H2. The van der Waals surface area contributed by atoms with Crippen LogP contribution in [0.2, 0.25) is 0 Å². The lowest BCUT2D eigenvalue weighted by atomic mass is 10.0. The second kappa shape index (κ2) is 3.65. The van der Waals surface area contributed by atoms with Crippen LogP contribution in [-0.4, -0.2) is 12.4 Å². The van der Waals surface area contributed by atoms with E-state index in [4.69, 9.17) is 0 Å². The lowest BCUT2D eigenvalue weighted by Gasteiger charge is -2.18. The van der Waals surface area contributed by atoms with Crippen LogP contribution in [0.4, 0.5) is 26.3 Å². The van der Waals surface area contributed by atoms with Crippen LogP contribution in [0.3, 0.4) is 0 Å². The summed E-state index contributed by atoms with van der Waals surface area (Å²) >= 11 is 0. The van der Waals surface area contributed by atoms with Crippen LogP contribution in [0.5, 0.6) is 0 Å². The van der Waals surface area contributed by atoms with E-state index in [-0.39, 0.29) is 6.42 Å². The molecule has 0 saturated heterocycles. The molecule has 0 saturated carbocycles. The van der Waals surface area contributed by atoms with Crippen molar-refractivity contribution >= 4 is 0 Å². The Hall–Kier alpha value is -1.20. The fourth-order valence-electron chi connectivity index (χ4n) is 2.11. The van der Waals surface area contributed by atoms with Crippen molar-refractivity contribution in [3.8, 4) is 0 Å². The highest BCUT2D eigenvalue weighted by Crippen LogP contribution is 2.45. The number of allylic oxidation sites excluding steroid dienone is 6. The van der Waals surface area contributed by atoms with Gasteiger partial charge in [0.1, 0.15) is 0 Å². The summed E-state index contributed by atoms with van der Waals surface area (Å²) in [5, 5.41) is 0. The maximum absolute atomic E-state index is 12.6. The lowest BCUT2D eigenvalue weighted by molar-refractivity contribution is -0.118. The van der Waals surface area contributed by atoms with Crippen molar-refractivity contribution in [3.63, 3.8) is 0 Å². The third-order valence-electron chi connectivity index (χ3n) is 2.81. The van der Waals surface area contributed by atoms with E-state index in [2.05, 4.69) is 0 Å². The maximum atomic E-state index is 12.6. The maximum Gasteiger partial charge on any atom is 0.416 e. The number of fused-ring (bicyclic) bond motifs is 2. The van der Waals surface area contributed by atoms with Gasteiger partial charge in [-0.2, -0.15) is 26.3 Å². The average molecular weight is 254 g/mol. The summed E-state index contributed by atoms with van der Waals surface area (Å²) in [5.41, 5.74) is -3.14. The first-order chi connectivity index (χ1) is 7.68. The number of hydrogen-bond donors (Lipinski definition) is 0. The quantitative estimate of drug-likeness (QED) is 0.449. The first-order valence-electron chi connectivity index (χ1n) is 4.94. The molecule has 0 N–H and O–H groups in total. The minimum absolute atomic E-state index is 0.277. The SMILES string of the molecule is FC(F)(F)C1=CC2C=CC(C=C1C(F)(F)F)C2. The fraction of sp³-hybridized carbons (Fsp3) is 0.455.